The van der Waals surface area contributed by atoms with Gasteiger partial charge in [-0.15, -0.1) is 0 Å². The first-order chi connectivity index (χ1) is 7.74. The zero-order valence-corrected chi connectivity index (χ0v) is 9.43. The maximum Gasteiger partial charge on any atom is 0.200 e. The molecule has 0 aromatic heterocycles. The van der Waals surface area contributed by atoms with Crippen LogP contribution in [0, 0.1) is 11.6 Å². The number of methoxy groups -OCH3 is 1. The summed E-state index contributed by atoms with van der Waals surface area (Å²) in [7, 11) is 1.35. The molecule has 0 saturated heterocycles. The van der Waals surface area contributed by atoms with E-state index in [0.29, 0.717) is 5.56 Å². The summed E-state index contributed by atoms with van der Waals surface area (Å²) >= 11 is 0. The Hall–Kier alpha value is -1.12. The quantitative estimate of drug-likeness (QED) is 0.740. The molecule has 1 fully saturated rings. The van der Waals surface area contributed by atoms with E-state index < -0.39 is 11.6 Å². The Bertz CT molecular complexity index is 370. The van der Waals surface area contributed by atoms with Crippen molar-refractivity contribution in [3.8, 4) is 5.75 Å². The molecule has 0 heterocycles. The van der Waals surface area contributed by atoms with E-state index >= 15 is 0 Å². The van der Waals surface area contributed by atoms with Gasteiger partial charge in [0, 0.05) is 0 Å². The van der Waals surface area contributed by atoms with Gasteiger partial charge in [-0.05, 0) is 30.4 Å². The van der Waals surface area contributed by atoms with Gasteiger partial charge in [-0.25, -0.2) is 4.39 Å². The van der Waals surface area contributed by atoms with Gasteiger partial charge in [-0.2, -0.15) is 4.39 Å². The lowest BCUT2D eigenvalue weighted by atomic mass is 9.84. The minimum atomic E-state index is -0.856. The van der Waals surface area contributed by atoms with Crippen LogP contribution < -0.4 is 4.74 Å². The molecule has 1 nitrogen and oxygen atoms in total. The van der Waals surface area contributed by atoms with Gasteiger partial charge in [0.1, 0.15) is 0 Å². The standard InChI is InChI=1S/C13H16F2O/c1-16-11-8-7-10(12(14)13(11)15)9-5-3-2-4-6-9/h7-9H,2-6H2,1H3. The number of halogens is 2. The molecule has 16 heavy (non-hydrogen) atoms. The van der Waals surface area contributed by atoms with Crippen LogP contribution in [0.2, 0.25) is 0 Å². The normalized spacial score (nSPS) is 17.4. The Morgan fingerprint density at radius 2 is 1.75 bits per heavy atom. The molecule has 0 N–H and O–H groups in total. The molecule has 0 radical (unpaired) electrons. The lowest BCUT2D eigenvalue weighted by molar-refractivity contribution is 0.363. The number of rotatable bonds is 2. The lowest BCUT2D eigenvalue weighted by Gasteiger charge is -2.22. The van der Waals surface area contributed by atoms with Crippen LogP contribution in [-0.2, 0) is 0 Å². The summed E-state index contributed by atoms with van der Waals surface area (Å²) in [6.45, 7) is 0. The van der Waals surface area contributed by atoms with Crippen molar-refractivity contribution >= 4 is 0 Å². The molecule has 0 atom stereocenters. The topological polar surface area (TPSA) is 9.23 Å². The van der Waals surface area contributed by atoms with E-state index in [9.17, 15) is 8.78 Å². The van der Waals surface area contributed by atoms with Gasteiger partial charge in [-0.1, -0.05) is 25.3 Å². The van der Waals surface area contributed by atoms with Crippen molar-refractivity contribution in [2.75, 3.05) is 7.11 Å². The Morgan fingerprint density at radius 3 is 2.38 bits per heavy atom. The summed E-state index contributed by atoms with van der Waals surface area (Å²) < 4.78 is 32.0. The van der Waals surface area contributed by atoms with Crippen molar-refractivity contribution in [2.24, 2.45) is 0 Å². The third kappa shape index (κ3) is 2.04. The van der Waals surface area contributed by atoms with Gasteiger partial charge in [-0.3, -0.25) is 0 Å². The van der Waals surface area contributed by atoms with Crippen LogP contribution in [0.5, 0.6) is 5.75 Å². The van der Waals surface area contributed by atoms with Crippen LogP contribution in [-0.4, -0.2) is 7.11 Å². The zero-order valence-electron chi connectivity index (χ0n) is 9.43. The maximum absolute atomic E-state index is 13.8. The average Bonchev–Trinajstić information content (AvgIpc) is 2.34. The van der Waals surface area contributed by atoms with Gasteiger partial charge in [0.2, 0.25) is 5.82 Å². The van der Waals surface area contributed by atoms with Crippen molar-refractivity contribution < 1.29 is 13.5 Å². The lowest BCUT2D eigenvalue weighted by Crippen LogP contribution is -2.08. The summed E-state index contributed by atoms with van der Waals surface area (Å²) in [4.78, 5) is 0. The summed E-state index contributed by atoms with van der Waals surface area (Å²) in [6.07, 6.45) is 5.34. The molecule has 1 aromatic rings. The van der Waals surface area contributed by atoms with Gasteiger partial charge in [0.05, 0.1) is 7.11 Å². The Labute approximate surface area is 94.4 Å². The Morgan fingerprint density at radius 1 is 1.06 bits per heavy atom. The number of hydrogen-bond donors (Lipinski definition) is 0. The molecule has 0 bridgehead atoms. The highest BCUT2D eigenvalue weighted by atomic mass is 19.2. The molecule has 1 saturated carbocycles. The second-order valence-corrected chi connectivity index (χ2v) is 4.32. The highest BCUT2D eigenvalue weighted by molar-refractivity contribution is 5.33. The second kappa shape index (κ2) is 4.81. The summed E-state index contributed by atoms with van der Waals surface area (Å²) in [5.74, 6) is -1.43. The number of benzene rings is 1. The SMILES string of the molecule is COc1ccc(C2CCCCC2)c(F)c1F. The fourth-order valence-corrected chi connectivity index (χ4v) is 2.43. The largest absolute Gasteiger partial charge is 0.494 e. The zero-order chi connectivity index (χ0) is 11.5. The molecule has 0 spiro atoms. The van der Waals surface area contributed by atoms with Crippen molar-refractivity contribution in [3.05, 3.63) is 29.3 Å². The van der Waals surface area contributed by atoms with Gasteiger partial charge >= 0.3 is 0 Å². The molecular weight excluding hydrogens is 210 g/mol. The molecular formula is C13H16F2O. The van der Waals surface area contributed by atoms with E-state index in [1.807, 2.05) is 0 Å². The fourth-order valence-electron chi connectivity index (χ4n) is 2.43. The summed E-state index contributed by atoms with van der Waals surface area (Å²) in [5.41, 5.74) is 0.512. The van der Waals surface area contributed by atoms with E-state index in [-0.39, 0.29) is 11.7 Å². The van der Waals surface area contributed by atoms with Crippen LogP contribution in [0.25, 0.3) is 0 Å². The van der Waals surface area contributed by atoms with E-state index in [2.05, 4.69) is 0 Å². The fraction of sp³-hybridized carbons (Fsp3) is 0.538. The number of hydrogen-bond acceptors (Lipinski definition) is 1. The van der Waals surface area contributed by atoms with Gasteiger partial charge < -0.3 is 4.74 Å². The minimum Gasteiger partial charge on any atom is -0.494 e. The van der Waals surface area contributed by atoms with Crippen LogP contribution in [0.3, 0.4) is 0 Å². The first-order valence-corrected chi connectivity index (χ1v) is 5.76. The van der Waals surface area contributed by atoms with E-state index in [0.717, 1.165) is 25.7 Å². The van der Waals surface area contributed by atoms with Crippen LogP contribution in [0.4, 0.5) is 8.78 Å². The van der Waals surface area contributed by atoms with E-state index in [1.165, 1.54) is 19.6 Å². The summed E-state index contributed by atoms with van der Waals surface area (Å²) in [5, 5.41) is 0. The smallest absolute Gasteiger partial charge is 0.200 e. The molecule has 3 heteroatoms. The van der Waals surface area contributed by atoms with Crippen molar-refractivity contribution in [2.45, 2.75) is 38.0 Å². The summed E-state index contributed by atoms with van der Waals surface area (Å²) in [6, 6.07) is 3.18. The molecule has 0 amide bonds. The average molecular weight is 226 g/mol. The highest BCUT2D eigenvalue weighted by Crippen LogP contribution is 2.36. The minimum absolute atomic E-state index is 0.0166. The highest BCUT2D eigenvalue weighted by Gasteiger charge is 2.22. The monoisotopic (exact) mass is 226 g/mol. The van der Waals surface area contributed by atoms with Gasteiger partial charge in [0.25, 0.3) is 0 Å². The third-order valence-corrected chi connectivity index (χ3v) is 3.34. The first kappa shape index (κ1) is 11.4. The van der Waals surface area contributed by atoms with Crippen LogP contribution in [0.1, 0.15) is 43.6 Å². The molecule has 1 aliphatic carbocycles. The van der Waals surface area contributed by atoms with Crippen molar-refractivity contribution in [1.82, 2.24) is 0 Å². The van der Waals surface area contributed by atoms with Crippen LogP contribution >= 0.6 is 0 Å². The van der Waals surface area contributed by atoms with Crippen molar-refractivity contribution in [1.29, 1.82) is 0 Å². The second-order valence-electron chi connectivity index (χ2n) is 4.32. The predicted molar refractivity (Wildman–Crippen MR) is 58.7 cm³/mol. The van der Waals surface area contributed by atoms with E-state index in [4.69, 9.17) is 4.74 Å². The molecule has 88 valence electrons. The maximum atomic E-state index is 13.8. The first-order valence-electron chi connectivity index (χ1n) is 5.76. The molecule has 1 aromatic carbocycles. The predicted octanol–water partition coefficient (Wildman–Crippen LogP) is 4.02. The third-order valence-electron chi connectivity index (χ3n) is 3.34. The van der Waals surface area contributed by atoms with Crippen LogP contribution in [0.15, 0.2) is 12.1 Å². The molecule has 0 unspecified atom stereocenters. The molecule has 0 aliphatic heterocycles. The Balaban J connectivity index is 2.30. The molecule has 2 rings (SSSR count). The number of ether oxygens (including phenoxy) is 1. The molecule has 1 aliphatic rings. The van der Waals surface area contributed by atoms with Crippen molar-refractivity contribution in [3.63, 3.8) is 0 Å². The van der Waals surface area contributed by atoms with E-state index in [1.54, 1.807) is 6.07 Å². The van der Waals surface area contributed by atoms with Gasteiger partial charge in [0.15, 0.2) is 11.6 Å². The Kier molecular flexibility index (Phi) is 3.42.